The van der Waals surface area contributed by atoms with Crippen molar-refractivity contribution in [1.82, 2.24) is 25.2 Å². The van der Waals surface area contributed by atoms with E-state index >= 15 is 0 Å². The van der Waals surface area contributed by atoms with Gasteiger partial charge in [0.1, 0.15) is 6.04 Å². The number of morpholine rings is 1. The molecule has 3 heterocycles. The van der Waals surface area contributed by atoms with E-state index in [1.165, 1.54) is 10.9 Å². The van der Waals surface area contributed by atoms with Gasteiger partial charge in [0.25, 0.3) is 0 Å². The fourth-order valence-electron chi connectivity index (χ4n) is 4.17. The van der Waals surface area contributed by atoms with Gasteiger partial charge in [0.05, 0.1) is 13.2 Å². The molecule has 28 heavy (non-hydrogen) atoms. The second-order valence-electron chi connectivity index (χ2n) is 7.87. The third kappa shape index (κ3) is 4.55. The van der Waals surface area contributed by atoms with Crippen LogP contribution in [0.4, 0.5) is 0 Å². The van der Waals surface area contributed by atoms with Crippen LogP contribution >= 0.6 is 0 Å². The summed E-state index contributed by atoms with van der Waals surface area (Å²) in [6.45, 7) is 6.32. The van der Waals surface area contributed by atoms with Crippen molar-refractivity contribution in [3.05, 3.63) is 36.5 Å². The normalized spacial score (nSPS) is 23.3. The Balaban J connectivity index is 1.23. The summed E-state index contributed by atoms with van der Waals surface area (Å²) < 4.78 is 7.64. The van der Waals surface area contributed by atoms with Crippen molar-refractivity contribution < 1.29 is 9.53 Å². The Labute approximate surface area is 166 Å². The van der Waals surface area contributed by atoms with E-state index in [2.05, 4.69) is 56.8 Å². The average Bonchev–Trinajstić information content (AvgIpc) is 3.36. The Morgan fingerprint density at radius 1 is 1.21 bits per heavy atom. The number of likely N-dealkylation sites (N-methyl/N-ethyl adjacent to an activating group) is 1. The van der Waals surface area contributed by atoms with Crippen molar-refractivity contribution in [1.29, 1.82) is 0 Å². The van der Waals surface area contributed by atoms with Gasteiger partial charge in [0.2, 0.25) is 5.91 Å². The van der Waals surface area contributed by atoms with E-state index in [1.807, 2.05) is 11.9 Å². The van der Waals surface area contributed by atoms with E-state index in [-0.39, 0.29) is 18.0 Å². The highest BCUT2D eigenvalue weighted by molar-refractivity contribution is 5.82. The molecule has 0 saturated carbocycles. The number of carbonyl (C=O) groups excluding carboxylic acids is 1. The molecular weight excluding hydrogens is 354 g/mol. The molecule has 2 aliphatic rings. The maximum atomic E-state index is 12.8. The largest absolute Gasteiger partial charge is 0.379 e. The molecule has 2 atom stereocenters. The van der Waals surface area contributed by atoms with Crippen molar-refractivity contribution in [2.45, 2.75) is 31.5 Å². The molecule has 2 aromatic rings. The van der Waals surface area contributed by atoms with Gasteiger partial charge in [0.15, 0.2) is 0 Å². The Hall–Kier alpha value is -1.93. The van der Waals surface area contributed by atoms with Crippen LogP contribution in [0, 0.1) is 0 Å². The summed E-state index contributed by atoms with van der Waals surface area (Å²) in [6, 6.07) is 10.6. The van der Waals surface area contributed by atoms with Crippen molar-refractivity contribution in [2.24, 2.45) is 0 Å². The van der Waals surface area contributed by atoms with Gasteiger partial charge < -0.3 is 14.2 Å². The number of para-hydroxylation sites is 1. The minimum absolute atomic E-state index is 0.153. The number of hydrogen-bond acceptors (Lipinski definition) is 5. The first-order valence-electron chi connectivity index (χ1n) is 10.3. The number of hydrogen-bond donors (Lipinski definition) is 2. The number of rotatable bonds is 7. The number of ether oxygens (including phenoxy) is 1. The van der Waals surface area contributed by atoms with Crippen LogP contribution in [0.3, 0.4) is 0 Å². The van der Waals surface area contributed by atoms with Gasteiger partial charge in [-0.2, -0.15) is 0 Å². The Morgan fingerprint density at radius 2 is 2.04 bits per heavy atom. The summed E-state index contributed by atoms with van der Waals surface area (Å²) in [4.78, 5) is 17.1. The van der Waals surface area contributed by atoms with Gasteiger partial charge in [-0.05, 0) is 30.4 Å². The van der Waals surface area contributed by atoms with Gasteiger partial charge in [-0.15, -0.1) is 0 Å². The lowest BCUT2D eigenvalue weighted by molar-refractivity contribution is -0.132. The molecule has 2 aliphatic heterocycles. The smallest absolute Gasteiger partial charge is 0.240 e. The molecule has 2 fully saturated rings. The molecule has 7 heteroatoms. The lowest BCUT2D eigenvalue weighted by Crippen LogP contribution is -2.45. The summed E-state index contributed by atoms with van der Waals surface area (Å²) in [5, 5.41) is 1.25. The van der Waals surface area contributed by atoms with Gasteiger partial charge in [-0.3, -0.25) is 15.1 Å². The minimum Gasteiger partial charge on any atom is -0.379 e. The number of benzene rings is 1. The molecule has 1 aromatic heterocycles. The van der Waals surface area contributed by atoms with E-state index in [4.69, 9.17) is 4.74 Å². The number of nitrogens with one attached hydrogen (secondary N) is 2. The zero-order valence-corrected chi connectivity index (χ0v) is 16.6. The number of fused-ring (bicyclic) bond motifs is 1. The molecule has 7 nitrogen and oxygen atoms in total. The molecule has 2 unspecified atom stereocenters. The summed E-state index contributed by atoms with van der Waals surface area (Å²) in [5.74, 6) is 0.175. The molecule has 0 spiro atoms. The highest BCUT2D eigenvalue weighted by Crippen LogP contribution is 2.17. The zero-order valence-electron chi connectivity index (χ0n) is 16.6. The van der Waals surface area contributed by atoms with Crippen LogP contribution in [-0.2, 0) is 16.1 Å². The molecule has 0 radical (unpaired) electrons. The fraction of sp³-hybridized carbons (Fsp3) is 0.571. The summed E-state index contributed by atoms with van der Waals surface area (Å²) in [5.41, 5.74) is 7.75. The summed E-state index contributed by atoms with van der Waals surface area (Å²) >= 11 is 0. The Bertz CT molecular complexity index is 786. The van der Waals surface area contributed by atoms with E-state index in [1.54, 1.807) is 0 Å². The molecule has 1 aromatic carbocycles. The second kappa shape index (κ2) is 9.05. The lowest BCUT2D eigenvalue weighted by atomic mass is 10.1. The summed E-state index contributed by atoms with van der Waals surface area (Å²) in [6.07, 6.45) is 3.93. The molecule has 2 saturated heterocycles. The lowest BCUT2D eigenvalue weighted by Gasteiger charge is -2.27. The molecule has 152 valence electrons. The molecule has 1 amide bonds. The van der Waals surface area contributed by atoms with Crippen molar-refractivity contribution in [2.75, 3.05) is 46.4 Å². The maximum Gasteiger partial charge on any atom is 0.240 e. The first-order valence-corrected chi connectivity index (χ1v) is 10.3. The molecular formula is C21H31N5O2. The van der Waals surface area contributed by atoms with Crippen molar-refractivity contribution in [3.63, 3.8) is 0 Å². The minimum atomic E-state index is -0.153. The van der Waals surface area contributed by atoms with Crippen LogP contribution in [-0.4, -0.2) is 78.8 Å². The summed E-state index contributed by atoms with van der Waals surface area (Å²) in [7, 11) is 1.91. The SMILES string of the molecule is CN(CCCN1CCOCC1)C(=O)C1CC(Cn2ccc3ccccc32)NN1. The van der Waals surface area contributed by atoms with Crippen molar-refractivity contribution >= 4 is 16.8 Å². The fourth-order valence-corrected chi connectivity index (χ4v) is 4.17. The van der Waals surface area contributed by atoms with Crippen LogP contribution < -0.4 is 10.9 Å². The first-order chi connectivity index (χ1) is 13.7. The van der Waals surface area contributed by atoms with E-state index in [0.29, 0.717) is 0 Å². The molecule has 4 rings (SSSR count). The van der Waals surface area contributed by atoms with Crippen LogP contribution in [0.25, 0.3) is 10.9 Å². The van der Waals surface area contributed by atoms with Gasteiger partial charge in [-0.25, -0.2) is 5.43 Å². The molecule has 0 aliphatic carbocycles. The van der Waals surface area contributed by atoms with Crippen LogP contribution in [0.15, 0.2) is 36.5 Å². The number of hydrazine groups is 1. The number of carbonyl (C=O) groups is 1. The average molecular weight is 386 g/mol. The number of nitrogens with zero attached hydrogens (tertiary/aromatic N) is 3. The van der Waals surface area contributed by atoms with E-state index in [0.717, 1.165) is 58.8 Å². The highest BCUT2D eigenvalue weighted by Gasteiger charge is 2.31. The Kier molecular flexibility index (Phi) is 6.26. The monoisotopic (exact) mass is 385 g/mol. The maximum absolute atomic E-state index is 12.8. The molecule has 0 bridgehead atoms. The molecule has 2 N–H and O–H groups in total. The predicted octanol–water partition coefficient (Wildman–Crippen LogP) is 1.06. The van der Waals surface area contributed by atoms with Gasteiger partial charge in [-0.1, -0.05) is 18.2 Å². The first kappa shape index (κ1) is 19.4. The van der Waals surface area contributed by atoms with Crippen LogP contribution in [0.2, 0.25) is 0 Å². The van der Waals surface area contributed by atoms with Crippen LogP contribution in [0.1, 0.15) is 12.8 Å². The third-order valence-corrected chi connectivity index (χ3v) is 5.83. The van der Waals surface area contributed by atoms with Gasteiger partial charge >= 0.3 is 0 Å². The zero-order chi connectivity index (χ0) is 19.3. The topological polar surface area (TPSA) is 61.8 Å². The van der Waals surface area contributed by atoms with Crippen molar-refractivity contribution in [3.8, 4) is 0 Å². The standard InChI is InChI=1S/C21H31N5O2/c1-24(8-4-9-25-11-13-28-14-12-25)21(27)19-15-18(22-23-19)16-26-10-7-17-5-2-3-6-20(17)26/h2-3,5-7,10,18-19,22-23H,4,8-9,11-16H2,1H3. The van der Waals surface area contributed by atoms with Gasteiger partial charge in [0, 0.05) is 57.5 Å². The second-order valence-corrected chi connectivity index (χ2v) is 7.87. The van der Waals surface area contributed by atoms with E-state index < -0.39 is 0 Å². The Morgan fingerprint density at radius 3 is 2.89 bits per heavy atom. The van der Waals surface area contributed by atoms with E-state index in [9.17, 15) is 4.79 Å². The number of amides is 1. The third-order valence-electron chi connectivity index (χ3n) is 5.83. The number of aromatic nitrogens is 1. The predicted molar refractivity (Wildman–Crippen MR) is 110 cm³/mol. The quantitative estimate of drug-likeness (QED) is 0.746. The highest BCUT2D eigenvalue weighted by atomic mass is 16.5. The van der Waals surface area contributed by atoms with Crippen LogP contribution in [0.5, 0.6) is 0 Å².